The molecule has 2 aromatic carbocycles. The number of carbonyl (C=O) groups is 2. The number of nitrogens with zero attached hydrogens (tertiary/aromatic N) is 1. The van der Waals surface area contributed by atoms with Crippen LogP contribution in [0.3, 0.4) is 0 Å². The van der Waals surface area contributed by atoms with Crippen molar-refractivity contribution in [2.75, 3.05) is 11.9 Å². The van der Waals surface area contributed by atoms with Crippen LogP contribution in [0.25, 0.3) is 0 Å². The largest absolute Gasteiger partial charge is 0.365 e. The average molecular weight is 441 g/mol. The molecular formula is C22H24N4O2S2. The van der Waals surface area contributed by atoms with Crippen molar-refractivity contribution in [2.45, 2.75) is 30.5 Å². The first-order valence-corrected chi connectivity index (χ1v) is 11.3. The maximum Gasteiger partial charge on any atom is 0.319 e. The van der Waals surface area contributed by atoms with Gasteiger partial charge in [-0.2, -0.15) is 4.37 Å². The summed E-state index contributed by atoms with van der Waals surface area (Å²) in [5.74, 6) is 0.211. The molecule has 6 nitrogen and oxygen atoms in total. The lowest BCUT2D eigenvalue weighted by Gasteiger charge is -2.13. The maximum absolute atomic E-state index is 12.3. The summed E-state index contributed by atoms with van der Waals surface area (Å²) in [6.07, 6.45) is 0. The van der Waals surface area contributed by atoms with Gasteiger partial charge in [0.1, 0.15) is 15.6 Å². The SMILES string of the molecule is Cc1ccc(CSc2nsc(NC(=O)NCC(C)c3ccccc3)c2C(N)=O)cc1. The van der Waals surface area contributed by atoms with Crippen LogP contribution in [0.1, 0.15) is 39.9 Å². The summed E-state index contributed by atoms with van der Waals surface area (Å²) >= 11 is 2.48. The Morgan fingerprint density at radius 1 is 1.13 bits per heavy atom. The smallest absolute Gasteiger partial charge is 0.319 e. The summed E-state index contributed by atoms with van der Waals surface area (Å²) in [5.41, 5.74) is 9.27. The summed E-state index contributed by atoms with van der Waals surface area (Å²) in [4.78, 5) is 24.3. The van der Waals surface area contributed by atoms with Crippen molar-refractivity contribution < 1.29 is 9.59 Å². The molecule has 0 aliphatic heterocycles. The molecule has 0 radical (unpaired) electrons. The van der Waals surface area contributed by atoms with Gasteiger partial charge in [0.05, 0.1) is 0 Å². The van der Waals surface area contributed by atoms with Crippen LogP contribution in [0, 0.1) is 6.92 Å². The Morgan fingerprint density at radius 3 is 2.50 bits per heavy atom. The molecule has 0 spiro atoms. The zero-order valence-corrected chi connectivity index (χ0v) is 18.5. The normalized spacial score (nSPS) is 11.7. The molecule has 8 heteroatoms. The monoisotopic (exact) mass is 440 g/mol. The Balaban J connectivity index is 1.60. The Labute approximate surface area is 184 Å². The number of hydrogen-bond donors (Lipinski definition) is 3. The number of hydrogen-bond acceptors (Lipinski definition) is 5. The van der Waals surface area contributed by atoms with E-state index < -0.39 is 5.91 Å². The van der Waals surface area contributed by atoms with Crippen LogP contribution in [0.4, 0.5) is 9.80 Å². The molecule has 0 saturated heterocycles. The fourth-order valence-corrected chi connectivity index (χ4v) is 4.73. The van der Waals surface area contributed by atoms with E-state index in [1.54, 1.807) is 0 Å². The topological polar surface area (TPSA) is 97.1 Å². The lowest BCUT2D eigenvalue weighted by molar-refractivity contribution is 0.0998. The van der Waals surface area contributed by atoms with Gasteiger partial charge in [-0.3, -0.25) is 10.1 Å². The average Bonchev–Trinajstić information content (AvgIpc) is 3.15. The molecule has 1 heterocycles. The first-order chi connectivity index (χ1) is 14.4. The lowest BCUT2D eigenvalue weighted by atomic mass is 10.0. The van der Waals surface area contributed by atoms with E-state index in [4.69, 9.17) is 5.73 Å². The molecule has 0 aliphatic carbocycles. The van der Waals surface area contributed by atoms with Gasteiger partial charge in [0.15, 0.2) is 0 Å². The highest BCUT2D eigenvalue weighted by atomic mass is 32.2. The minimum absolute atomic E-state index is 0.162. The number of nitrogens with one attached hydrogen (secondary N) is 2. The van der Waals surface area contributed by atoms with E-state index in [-0.39, 0.29) is 17.5 Å². The third kappa shape index (κ3) is 5.84. The third-order valence-corrected chi connectivity index (χ3v) is 6.49. The van der Waals surface area contributed by atoms with E-state index in [9.17, 15) is 9.59 Å². The number of benzene rings is 2. The number of carbonyl (C=O) groups excluding carboxylic acids is 2. The number of aryl methyl sites for hydroxylation is 1. The first-order valence-electron chi connectivity index (χ1n) is 9.51. The van der Waals surface area contributed by atoms with Crippen LogP contribution in [0.15, 0.2) is 59.6 Å². The molecule has 1 atom stereocenters. The summed E-state index contributed by atoms with van der Waals surface area (Å²) in [7, 11) is 0. The van der Waals surface area contributed by atoms with Gasteiger partial charge in [0, 0.05) is 12.3 Å². The van der Waals surface area contributed by atoms with Gasteiger partial charge in [0.2, 0.25) is 0 Å². The highest BCUT2D eigenvalue weighted by Crippen LogP contribution is 2.33. The number of anilines is 1. The van der Waals surface area contributed by atoms with Crippen molar-refractivity contribution in [1.82, 2.24) is 9.69 Å². The van der Waals surface area contributed by atoms with Gasteiger partial charge in [-0.1, -0.05) is 78.8 Å². The third-order valence-electron chi connectivity index (χ3n) is 4.57. The molecule has 0 saturated carbocycles. The molecule has 4 N–H and O–H groups in total. The molecule has 3 aromatic rings. The molecule has 156 valence electrons. The standard InChI is InChI=1S/C22H24N4O2S2/c1-14-8-10-16(11-9-14)13-29-21-18(19(23)27)20(30-26-21)25-22(28)24-12-15(2)17-6-4-3-5-7-17/h3-11,15H,12-13H2,1-2H3,(H2,23,27)(H2,24,25,28). The van der Waals surface area contributed by atoms with E-state index in [1.807, 2.05) is 68.4 Å². The summed E-state index contributed by atoms with van der Waals surface area (Å²) < 4.78 is 4.33. The van der Waals surface area contributed by atoms with Gasteiger partial charge in [-0.15, -0.1) is 0 Å². The minimum atomic E-state index is -0.608. The molecule has 1 aromatic heterocycles. The Bertz CT molecular complexity index is 1000. The molecule has 0 aliphatic rings. The Hall–Kier alpha value is -2.84. The fourth-order valence-electron chi connectivity index (χ4n) is 2.81. The molecule has 3 amide bonds. The number of primary amides is 1. The van der Waals surface area contributed by atoms with Gasteiger partial charge in [-0.25, -0.2) is 4.79 Å². The van der Waals surface area contributed by atoms with E-state index in [0.717, 1.165) is 22.7 Å². The molecule has 30 heavy (non-hydrogen) atoms. The summed E-state index contributed by atoms with van der Waals surface area (Å²) in [5, 5.41) is 6.44. The highest BCUT2D eigenvalue weighted by Gasteiger charge is 2.21. The molecule has 0 bridgehead atoms. The van der Waals surface area contributed by atoms with Gasteiger partial charge in [0.25, 0.3) is 5.91 Å². The lowest BCUT2D eigenvalue weighted by Crippen LogP contribution is -2.32. The highest BCUT2D eigenvalue weighted by molar-refractivity contribution is 7.98. The van der Waals surface area contributed by atoms with E-state index in [1.165, 1.54) is 17.3 Å². The van der Waals surface area contributed by atoms with Crippen LogP contribution in [0.2, 0.25) is 0 Å². The van der Waals surface area contributed by atoms with Crippen LogP contribution < -0.4 is 16.4 Å². The molecule has 0 fully saturated rings. The zero-order chi connectivity index (χ0) is 21.5. The Kier molecular flexibility index (Phi) is 7.48. The summed E-state index contributed by atoms with van der Waals surface area (Å²) in [6.45, 7) is 4.54. The van der Waals surface area contributed by atoms with Gasteiger partial charge >= 0.3 is 6.03 Å². The van der Waals surface area contributed by atoms with Crippen molar-refractivity contribution in [1.29, 1.82) is 0 Å². The number of urea groups is 1. The fraction of sp³-hybridized carbons (Fsp3) is 0.227. The predicted molar refractivity (Wildman–Crippen MR) is 123 cm³/mol. The maximum atomic E-state index is 12.3. The van der Waals surface area contributed by atoms with Crippen LogP contribution >= 0.6 is 23.3 Å². The second kappa shape index (κ2) is 10.3. The van der Waals surface area contributed by atoms with E-state index in [0.29, 0.717) is 22.3 Å². The quantitative estimate of drug-likeness (QED) is 0.440. The second-order valence-electron chi connectivity index (χ2n) is 6.98. The van der Waals surface area contributed by atoms with Gasteiger partial charge in [-0.05, 0) is 35.5 Å². The molecule has 1 unspecified atom stereocenters. The number of aromatic nitrogens is 1. The van der Waals surface area contributed by atoms with Crippen molar-refractivity contribution in [3.63, 3.8) is 0 Å². The summed E-state index contributed by atoms with van der Waals surface area (Å²) in [6, 6.07) is 17.7. The first kappa shape index (κ1) is 21.9. The van der Waals surface area contributed by atoms with E-state index >= 15 is 0 Å². The van der Waals surface area contributed by atoms with E-state index in [2.05, 4.69) is 15.0 Å². The Morgan fingerprint density at radius 2 is 1.83 bits per heavy atom. The molecular weight excluding hydrogens is 416 g/mol. The van der Waals surface area contributed by atoms with Crippen molar-refractivity contribution in [3.8, 4) is 0 Å². The van der Waals surface area contributed by atoms with Gasteiger partial charge < -0.3 is 11.1 Å². The van der Waals surface area contributed by atoms with Crippen molar-refractivity contribution in [3.05, 3.63) is 76.9 Å². The van der Waals surface area contributed by atoms with Crippen LogP contribution in [-0.4, -0.2) is 22.9 Å². The van der Waals surface area contributed by atoms with Crippen LogP contribution in [-0.2, 0) is 5.75 Å². The van der Waals surface area contributed by atoms with Crippen molar-refractivity contribution >= 4 is 40.2 Å². The zero-order valence-electron chi connectivity index (χ0n) is 16.8. The second-order valence-corrected chi connectivity index (χ2v) is 8.71. The van der Waals surface area contributed by atoms with Crippen LogP contribution in [0.5, 0.6) is 0 Å². The minimum Gasteiger partial charge on any atom is -0.365 e. The van der Waals surface area contributed by atoms with Crippen molar-refractivity contribution in [2.24, 2.45) is 5.73 Å². The molecule has 3 rings (SSSR count). The number of rotatable bonds is 8. The predicted octanol–water partition coefficient (Wildman–Crippen LogP) is 4.77. The number of nitrogens with two attached hydrogens (primary N) is 1. The number of thioether (sulfide) groups is 1. The number of amides is 3.